The first kappa shape index (κ1) is 26.0. The first-order chi connectivity index (χ1) is 19.4. The molecule has 1 aliphatic carbocycles. The lowest BCUT2D eigenvalue weighted by Crippen LogP contribution is -2.29. The number of ether oxygens (including phenoxy) is 1. The summed E-state index contributed by atoms with van der Waals surface area (Å²) in [6.45, 7) is 2.45. The number of non-ortho nitro benzene ring substituents is 1. The highest BCUT2D eigenvalue weighted by atomic mass is 79.9. The third kappa shape index (κ3) is 5.42. The van der Waals surface area contributed by atoms with Crippen molar-refractivity contribution in [1.82, 2.24) is 0 Å². The molecule has 4 aromatic carbocycles. The van der Waals surface area contributed by atoms with E-state index in [0.717, 1.165) is 27.7 Å². The fraction of sp³-hybridized carbons (Fsp3) is 0.182. The van der Waals surface area contributed by atoms with Gasteiger partial charge < -0.3 is 10.1 Å². The summed E-state index contributed by atoms with van der Waals surface area (Å²) in [7, 11) is 0. The number of benzene rings is 4. The van der Waals surface area contributed by atoms with Gasteiger partial charge in [0, 0.05) is 40.0 Å². The number of nitro groups is 1. The summed E-state index contributed by atoms with van der Waals surface area (Å²) < 4.78 is 6.97. The molecule has 0 fully saturated rings. The number of hydrogen-bond acceptors (Lipinski definition) is 5. The zero-order valence-corrected chi connectivity index (χ0v) is 23.5. The number of aryl methyl sites for hydroxylation is 1. The van der Waals surface area contributed by atoms with Gasteiger partial charge in [0.2, 0.25) is 0 Å². The summed E-state index contributed by atoms with van der Waals surface area (Å²) in [5.74, 6) is 1.63. The molecule has 3 atom stereocenters. The van der Waals surface area contributed by atoms with Gasteiger partial charge in [-0.3, -0.25) is 15.1 Å². The van der Waals surface area contributed by atoms with E-state index >= 15 is 0 Å². The number of nitro benzene ring substituents is 1. The molecule has 0 bridgehead atoms. The fourth-order valence-corrected chi connectivity index (χ4v) is 5.96. The van der Waals surface area contributed by atoms with E-state index < -0.39 is 4.92 Å². The van der Waals surface area contributed by atoms with Crippen molar-refractivity contribution in [2.45, 2.75) is 31.9 Å². The van der Waals surface area contributed by atoms with Crippen LogP contribution < -0.4 is 10.1 Å². The van der Waals surface area contributed by atoms with E-state index in [-0.39, 0.29) is 11.7 Å². The summed E-state index contributed by atoms with van der Waals surface area (Å²) in [6.07, 6.45) is 7.56. The second-order valence-electron chi connectivity index (χ2n) is 10.3. The minimum Gasteiger partial charge on any atom is -0.488 e. The lowest BCUT2D eigenvalue weighted by molar-refractivity contribution is -0.384. The number of halogens is 1. The lowest BCUT2D eigenvalue weighted by atomic mass is 9.76. The monoisotopic (exact) mass is 593 g/mol. The average molecular weight is 595 g/mol. The van der Waals surface area contributed by atoms with Crippen LogP contribution in [0.3, 0.4) is 0 Å². The van der Waals surface area contributed by atoms with E-state index in [4.69, 9.17) is 9.73 Å². The van der Waals surface area contributed by atoms with E-state index in [0.29, 0.717) is 24.2 Å². The Morgan fingerprint density at radius 2 is 1.85 bits per heavy atom. The van der Waals surface area contributed by atoms with Crippen LogP contribution in [0.5, 0.6) is 5.75 Å². The molecule has 1 heterocycles. The third-order valence-corrected chi connectivity index (χ3v) is 8.13. The Bertz CT molecular complexity index is 1610. The summed E-state index contributed by atoms with van der Waals surface area (Å²) in [5, 5.41) is 14.7. The molecule has 0 radical (unpaired) electrons. The fourth-order valence-electron chi connectivity index (χ4n) is 5.58. The Balaban J connectivity index is 1.17. The maximum atomic E-state index is 10.9. The summed E-state index contributed by atoms with van der Waals surface area (Å²) in [4.78, 5) is 15.2. The average Bonchev–Trinajstić information content (AvgIpc) is 3.46. The molecule has 200 valence electrons. The van der Waals surface area contributed by atoms with Crippen LogP contribution in [0.1, 0.15) is 46.2 Å². The molecule has 4 aromatic rings. The van der Waals surface area contributed by atoms with Crippen molar-refractivity contribution in [2.75, 3.05) is 5.32 Å². The van der Waals surface area contributed by atoms with Crippen molar-refractivity contribution < 1.29 is 9.66 Å². The molecule has 0 unspecified atom stereocenters. The van der Waals surface area contributed by atoms with Gasteiger partial charge in [-0.15, -0.1) is 0 Å². The number of nitrogens with zero attached hydrogens (tertiary/aromatic N) is 2. The minimum absolute atomic E-state index is 0.0603. The molecule has 0 amide bonds. The van der Waals surface area contributed by atoms with E-state index in [2.05, 4.69) is 82.8 Å². The molecule has 0 spiro atoms. The van der Waals surface area contributed by atoms with Gasteiger partial charge in [0.05, 0.1) is 16.7 Å². The van der Waals surface area contributed by atoms with Crippen LogP contribution in [-0.2, 0) is 6.61 Å². The van der Waals surface area contributed by atoms with E-state index in [1.165, 1.54) is 34.5 Å². The predicted octanol–water partition coefficient (Wildman–Crippen LogP) is 8.82. The van der Waals surface area contributed by atoms with Crippen LogP contribution in [0.4, 0.5) is 17.1 Å². The van der Waals surface area contributed by atoms with Crippen LogP contribution in [0.25, 0.3) is 0 Å². The van der Waals surface area contributed by atoms with Crippen LogP contribution >= 0.6 is 15.9 Å². The van der Waals surface area contributed by atoms with Gasteiger partial charge in [0.15, 0.2) is 0 Å². The Hall–Kier alpha value is -4.23. The van der Waals surface area contributed by atoms with Crippen molar-refractivity contribution in [3.8, 4) is 5.75 Å². The van der Waals surface area contributed by atoms with Crippen molar-refractivity contribution >= 4 is 39.2 Å². The van der Waals surface area contributed by atoms with Crippen LogP contribution in [0, 0.1) is 23.0 Å². The molecule has 0 aromatic heterocycles. The quantitative estimate of drug-likeness (QED) is 0.100. The van der Waals surface area contributed by atoms with Crippen LogP contribution in [0.2, 0.25) is 0 Å². The second kappa shape index (κ2) is 11.1. The normalized spacial score (nSPS) is 19.2. The number of fused-ring (bicyclic) bond motifs is 3. The maximum Gasteiger partial charge on any atom is 0.269 e. The second-order valence-corrected chi connectivity index (χ2v) is 11.2. The molecule has 1 N–H and O–H groups in total. The Labute approximate surface area is 241 Å². The third-order valence-electron chi connectivity index (χ3n) is 7.64. The topological polar surface area (TPSA) is 76.8 Å². The van der Waals surface area contributed by atoms with Crippen molar-refractivity contribution in [2.24, 2.45) is 10.9 Å². The molecule has 6 nitrogen and oxygen atoms in total. The van der Waals surface area contributed by atoms with Crippen molar-refractivity contribution in [3.63, 3.8) is 0 Å². The number of hydrogen-bond donors (Lipinski definition) is 1. The molecule has 1 aliphatic heterocycles. The summed E-state index contributed by atoms with van der Waals surface area (Å²) >= 11 is 3.54. The van der Waals surface area contributed by atoms with Gasteiger partial charge in [-0.05, 0) is 84.5 Å². The molecular formula is C33H28BrN3O3. The molecule has 40 heavy (non-hydrogen) atoms. The molecule has 0 saturated carbocycles. The Morgan fingerprint density at radius 1 is 1.05 bits per heavy atom. The zero-order valence-electron chi connectivity index (χ0n) is 22.0. The van der Waals surface area contributed by atoms with Gasteiger partial charge in [0.25, 0.3) is 5.69 Å². The summed E-state index contributed by atoms with van der Waals surface area (Å²) in [5.41, 5.74) is 7.78. The molecular weight excluding hydrogens is 566 g/mol. The number of nitrogens with one attached hydrogen (secondary N) is 1. The van der Waals surface area contributed by atoms with Gasteiger partial charge in [-0.25, -0.2) is 0 Å². The zero-order chi connectivity index (χ0) is 27.6. The SMILES string of the molecule is Cc1ccc2c(c1)[C@@H]1C=CC[C@@H]1[C@@H](c1ccc(N=Cc3cc(Br)ccc3OCc3ccc([N+](=O)[O-])cc3)cc1)N2. The van der Waals surface area contributed by atoms with Crippen molar-refractivity contribution in [3.05, 3.63) is 139 Å². The first-order valence-electron chi connectivity index (χ1n) is 13.3. The van der Waals surface area contributed by atoms with E-state index in [1.54, 1.807) is 18.3 Å². The molecule has 0 saturated heterocycles. The standard InChI is InChI=1S/C33H28BrN3O3/c1-21-5-15-31-30(17-21)28-3-2-4-29(28)33(36-31)23-8-11-26(12-9-23)35-19-24-18-25(34)10-16-32(24)40-20-22-6-13-27(14-7-22)37(38)39/h2-3,5-19,28-29,33,36H,4,20H2,1H3/t28-,29+,33-/m1/s1. The first-order valence-corrected chi connectivity index (χ1v) is 14.1. The van der Waals surface area contributed by atoms with Crippen molar-refractivity contribution in [1.29, 1.82) is 0 Å². The lowest BCUT2D eigenvalue weighted by Gasteiger charge is -2.37. The van der Waals surface area contributed by atoms with Crippen LogP contribution in [-0.4, -0.2) is 11.1 Å². The number of aliphatic imine (C=N–C) groups is 1. The van der Waals surface area contributed by atoms with E-state index in [9.17, 15) is 10.1 Å². The highest BCUT2D eigenvalue weighted by molar-refractivity contribution is 9.10. The highest BCUT2D eigenvalue weighted by Crippen LogP contribution is 2.50. The number of allylic oxidation sites excluding steroid dienone is 2. The largest absolute Gasteiger partial charge is 0.488 e. The molecule has 6 rings (SSSR count). The Morgan fingerprint density at radius 3 is 2.62 bits per heavy atom. The van der Waals surface area contributed by atoms with Gasteiger partial charge in [-0.2, -0.15) is 0 Å². The Kier molecular flexibility index (Phi) is 7.22. The molecule has 2 aliphatic rings. The van der Waals surface area contributed by atoms with E-state index in [1.807, 2.05) is 18.2 Å². The number of anilines is 1. The maximum absolute atomic E-state index is 10.9. The summed E-state index contributed by atoms with van der Waals surface area (Å²) in [6, 6.07) is 27.6. The van der Waals surface area contributed by atoms with Gasteiger partial charge in [-0.1, -0.05) is 57.9 Å². The van der Waals surface area contributed by atoms with Gasteiger partial charge >= 0.3 is 0 Å². The predicted molar refractivity (Wildman–Crippen MR) is 163 cm³/mol. The highest BCUT2D eigenvalue weighted by Gasteiger charge is 2.37. The number of rotatable bonds is 7. The van der Waals surface area contributed by atoms with Crippen LogP contribution in [0.15, 0.2) is 107 Å². The smallest absolute Gasteiger partial charge is 0.269 e. The molecule has 7 heteroatoms. The van der Waals surface area contributed by atoms with Gasteiger partial charge in [0.1, 0.15) is 12.4 Å². The minimum atomic E-state index is -0.408.